The highest BCUT2D eigenvalue weighted by Gasteiger charge is 2.19. The predicted octanol–water partition coefficient (Wildman–Crippen LogP) is 1.06. The maximum Gasteiger partial charge on any atom is 0.256 e. The first-order chi connectivity index (χ1) is 12.1. The molecule has 2 heterocycles. The van der Waals surface area contributed by atoms with Gasteiger partial charge in [0.25, 0.3) is 5.56 Å². The van der Waals surface area contributed by atoms with Gasteiger partial charge in [-0.2, -0.15) is 0 Å². The molecule has 6 heteroatoms. The van der Waals surface area contributed by atoms with Gasteiger partial charge >= 0.3 is 0 Å². The number of benzene rings is 1. The molecule has 3 N–H and O–H groups in total. The smallest absolute Gasteiger partial charge is 0.256 e. The van der Waals surface area contributed by atoms with Gasteiger partial charge in [-0.3, -0.25) is 14.7 Å². The topological polar surface area (TPSA) is 78.2 Å². The highest BCUT2D eigenvalue weighted by molar-refractivity contribution is 5.36. The molecule has 0 saturated carbocycles. The van der Waals surface area contributed by atoms with Crippen LogP contribution in [-0.4, -0.2) is 54.1 Å². The zero-order valence-corrected chi connectivity index (χ0v) is 15.1. The van der Waals surface area contributed by atoms with Gasteiger partial charge in [0.2, 0.25) is 5.95 Å². The molecule has 134 valence electrons. The van der Waals surface area contributed by atoms with Crippen molar-refractivity contribution < 1.29 is 0 Å². The van der Waals surface area contributed by atoms with Gasteiger partial charge in [0.1, 0.15) is 0 Å². The van der Waals surface area contributed by atoms with Crippen molar-refractivity contribution in [3.63, 3.8) is 0 Å². The number of H-pyrrole nitrogens is 1. The van der Waals surface area contributed by atoms with Crippen LogP contribution in [0.3, 0.4) is 0 Å². The van der Waals surface area contributed by atoms with Crippen LogP contribution in [0.25, 0.3) is 0 Å². The summed E-state index contributed by atoms with van der Waals surface area (Å²) in [7, 11) is 0. The second-order valence-electron chi connectivity index (χ2n) is 6.73. The van der Waals surface area contributed by atoms with Crippen molar-refractivity contribution in [2.75, 3.05) is 44.2 Å². The van der Waals surface area contributed by atoms with Gasteiger partial charge in [0.05, 0.1) is 5.69 Å². The maximum absolute atomic E-state index is 12.6. The van der Waals surface area contributed by atoms with Crippen molar-refractivity contribution in [2.45, 2.75) is 20.3 Å². The average molecular weight is 341 g/mol. The number of anilines is 1. The van der Waals surface area contributed by atoms with E-state index in [1.54, 1.807) is 0 Å². The minimum absolute atomic E-state index is 0.0348. The molecule has 1 aliphatic rings. The molecular formula is C19H27N5O. The van der Waals surface area contributed by atoms with E-state index >= 15 is 0 Å². The lowest BCUT2D eigenvalue weighted by Gasteiger charge is -2.34. The lowest BCUT2D eigenvalue weighted by molar-refractivity contribution is 0.263. The van der Waals surface area contributed by atoms with E-state index in [9.17, 15) is 4.79 Å². The Morgan fingerprint density at radius 3 is 2.40 bits per heavy atom. The molecule has 6 nitrogen and oxygen atoms in total. The van der Waals surface area contributed by atoms with Crippen LogP contribution in [0.2, 0.25) is 0 Å². The Kier molecular flexibility index (Phi) is 5.50. The highest BCUT2D eigenvalue weighted by Crippen LogP contribution is 2.14. The Labute approximate surface area is 148 Å². The van der Waals surface area contributed by atoms with Crippen LogP contribution in [0, 0.1) is 13.8 Å². The summed E-state index contributed by atoms with van der Waals surface area (Å²) in [6.45, 7) is 9.21. The van der Waals surface area contributed by atoms with Crippen molar-refractivity contribution >= 4 is 5.95 Å². The summed E-state index contributed by atoms with van der Waals surface area (Å²) in [5, 5.41) is 0. The predicted molar refractivity (Wildman–Crippen MR) is 101 cm³/mol. The van der Waals surface area contributed by atoms with Crippen LogP contribution < -0.4 is 16.2 Å². The molecule has 1 aromatic carbocycles. The standard InChI is InChI=1S/C19H27N5O/c1-14-3-5-16(6-4-14)13-17-15(2)21-19(22-18(17)25)24-11-9-23(8-7-20)10-12-24/h3-6H,7-13,20H2,1-2H3,(H,21,22,25). The van der Waals surface area contributed by atoms with Crippen LogP contribution in [0.4, 0.5) is 5.95 Å². The second-order valence-corrected chi connectivity index (χ2v) is 6.73. The molecule has 0 unspecified atom stereocenters. The lowest BCUT2D eigenvalue weighted by Crippen LogP contribution is -2.48. The number of rotatable bonds is 5. The Bertz CT molecular complexity index is 760. The van der Waals surface area contributed by atoms with E-state index in [-0.39, 0.29) is 5.56 Å². The number of aryl methyl sites for hydroxylation is 2. The molecule has 0 bridgehead atoms. The van der Waals surface area contributed by atoms with Crippen LogP contribution >= 0.6 is 0 Å². The first kappa shape index (κ1) is 17.6. The van der Waals surface area contributed by atoms with Crippen molar-refractivity contribution in [3.05, 3.63) is 57.0 Å². The zero-order chi connectivity index (χ0) is 17.8. The number of aromatic nitrogens is 2. The van der Waals surface area contributed by atoms with Crippen molar-refractivity contribution in [1.82, 2.24) is 14.9 Å². The summed E-state index contributed by atoms with van der Waals surface area (Å²) in [5.41, 5.74) is 9.48. The van der Waals surface area contributed by atoms with Gasteiger partial charge in [-0.15, -0.1) is 0 Å². The minimum atomic E-state index is -0.0348. The fourth-order valence-electron chi connectivity index (χ4n) is 3.23. The molecule has 1 fully saturated rings. The Balaban J connectivity index is 1.74. The molecule has 0 amide bonds. The number of nitrogens with two attached hydrogens (primary N) is 1. The van der Waals surface area contributed by atoms with E-state index in [4.69, 9.17) is 5.73 Å². The van der Waals surface area contributed by atoms with E-state index in [0.717, 1.165) is 49.5 Å². The average Bonchev–Trinajstić information content (AvgIpc) is 2.60. The zero-order valence-electron chi connectivity index (χ0n) is 15.1. The van der Waals surface area contributed by atoms with Gasteiger partial charge in [-0.05, 0) is 19.4 Å². The van der Waals surface area contributed by atoms with Gasteiger partial charge in [0.15, 0.2) is 0 Å². The van der Waals surface area contributed by atoms with Crippen LogP contribution in [0.5, 0.6) is 0 Å². The summed E-state index contributed by atoms with van der Waals surface area (Å²) in [6, 6.07) is 8.28. The molecule has 0 aliphatic carbocycles. The third-order valence-electron chi connectivity index (χ3n) is 4.83. The number of piperazine rings is 1. The van der Waals surface area contributed by atoms with Crippen molar-refractivity contribution in [3.8, 4) is 0 Å². The lowest BCUT2D eigenvalue weighted by atomic mass is 10.0. The number of nitrogens with zero attached hydrogens (tertiary/aromatic N) is 3. The molecule has 0 atom stereocenters. The first-order valence-electron chi connectivity index (χ1n) is 8.89. The van der Waals surface area contributed by atoms with Crippen LogP contribution in [-0.2, 0) is 6.42 Å². The summed E-state index contributed by atoms with van der Waals surface area (Å²) in [4.78, 5) is 24.7. The summed E-state index contributed by atoms with van der Waals surface area (Å²) in [5.74, 6) is 0.683. The largest absolute Gasteiger partial charge is 0.340 e. The summed E-state index contributed by atoms with van der Waals surface area (Å²) < 4.78 is 0. The molecule has 1 saturated heterocycles. The van der Waals surface area contributed by atoms with Crippen molar-refractivity contribution in [2.24, 2.45) is 5.73 Å². The fourth-order valence-corrected chi connectivity index (χ4v) is 3.23. The summed E-state index contributed by atoms with van der Waals surface area (Å²) >= 11 is 0. The van der Waals surface area contributed by atoms with E-state index in [1.807, 2.05) is 6.92 Å². The fraction of sp³-hybridized carbons (Fsp3) is 0.474. The number of aromatic amines is 1. The van der Waals surface area contributed by atoms with Gasteiger partial charge in [0, 0.05) is 51.3 Å². The Morgan fingerprint density at radius 1 is 1.12 bits per heavy atom. The first-order valence-corrected chi connectivity index (χ1v) is 8.89. The normalized spacial score (nSPS) is 15.6. The molecule has 3 rings (SSSR count). The molecule has 25 heavy (non-hydrogen) atoms. The van der Waals surface area contributed by atoms with Gasteiger partial charge in [-0.25, -0.2) is 4.98 Å². The van der Waals surface area contributed by atoms with E-state index in [2.05, 4.69) is 51.0 Å². The molecular weight excluding hydrogens is 314 g/mol. The minimum Gasteiger partial charge on any atom is -0.340 e. The monoisotopic (exact) mass is 341 g/mol. The Hall–Kier alpha value is -2.18. The highest BCUT2D eigenvalue weighted by atomic mass is 16.1. The van der Waals surface area contributed by atoms with Crippen molar-refractivity contribution in [1.29, 1.82) is 0 Å². The quantitative estimate of drug-likeness (QED) is 0.850. The molecule has 1 aromatic heterocycles. The number of hydrogen-bond donors (Lipinski definition) is 2. The van der Waals surface area contributed by atoms with Gasteiger partial charge in [-0.1, -0.05) is 29.8 Å². The molecule has 1 aliphatic heterocycles. The SMILES string of the molecule is Cc1ccc(Cc2c(C)nc(N3CCN(CCN)CC3)[nH]c2=O)cc1. The second kappa shape index (κ2) is 7.80. The molecule has 0 spiro atoms. The Morgan fingerprint density at radius 2 is 1.80 bits per heavy atom. The third-order valence-corrected chi connectivity index (χ3v) is 4.83. The maximum atomic E-state index is 12.6. The third kappa shape index (κ3) is 4.27. The van der Waals surface area contributed by atoms with Crippen LogP contribution in [0.15, 0.2) is 29.1 Å². The number of nitrogens with one attached hydrogen (secondary N) is 1. The summed E-state index contributed by atoms with van der Waals surface area (Å²) in [6.07, 6.45) is 0.610. The van der Waals surface area contributed by atoms with Gasteiger partial charge < -0.3 is 10.6 Å². The van der Waals surface area contributed by atoms with E-state index in [1.165, 1.54) is 5.56 Å². The number of hydrogen-bond acceptors (Lipinski definition) is 5. The molecule has 0 radical (unpaired) electrons. The van der Waals surface area contributed by atoms with E-state index in [0.29, 0.717) is 18.9 Å². The van der Waals surface area contributed by atoms with E-state index < -0.39 is 0 Å². The van der Waals surface area contributed by atoms with Crippen LogP contribution in [0.1, 0.15) is 22.4 Å². The molecule has 2 aromatic rings.